The Bertz CT molecular complexity index is 1190. The van der Waals surface area contributed by atoms with Crippen molar-refractivity contribution in [2.45, 2.75) is 19.3 Å². The summed E-state index contributed by atoms with van der Waals surface area (Å²) < 4.78 is 21.2. The molecule has 0 spiro atoms. The standard InChI is InChI=1S/C24H21ClFNO4/c1-3-31-24(30)16-6-4-5-15(11-16)20(19-9-8-18(25)12-21(19)26)13-22(28)17-7-10-23(29)27(2)14-17/h4-12,14,20H,3,13H2,1-2H3. The first-order valence-corrected chi connectivity index (χ1v) is 10.1. The van der Waals surface area contributed by atoms with Crippen molar-refractivity contribution >= 4 is 23.4 Å². The summed E-state index contributed by atoms with van der Waals surface area (Å²) in [6.45, 7) is 1.93. The van der Waals surface area contributed by atoms with E-state index in [1.807, 2.05) is 0 Å². The van der Waals surface area contributed by atoms with Gasteiger partial charge in [-0.25, -0.2) is 9.18 Å². The number of benzene rings is 2. The van der Waals surface area contributed by atoms with Crippen LogP contribution in [-0.2, 0) is 11.8 Å². The summed E-state index contributed by atoms with van der Waals surface area (Å²) in [6, 6.07) is 13.6. The fourth-order valence-electron chi connectivity index (χ4n) is 3.35. The first kappa shape index (κ1) is 22.4. The van der Waals surface area contributed by atoms with Gasteiger partial charge in [0.15, 0.2) is 5.78 Å². The molecule has 1 aromatic heterocycles. The van der Waals surface area contributed by atoms with Gasteiger partial charge in [0, 0.05) is 42.2 Å². The van der Waals surface area contributed by atoms with Gasteiger partial charge in [-0.3, -0.25) is 9.59 Å². The number of Topliss-reactive ketones (excluding diaryl/α,β-unsaturated/α-hetero) is 1. The lowest BCUT2D eigenvalue weighted by molar-refractivity contribution is 0.0526. The minimum atomic E-state index is -0.670. The Morgan fingerprint density at radius 3 is 2.55 bits per heavy atom. The molecule has 0 aliphatic rings. The number of ketones is 1. The van der Waals surface area contributed by atoms with E-state index in [0.29, 0.717) is 16.7 Å². The van der Waals surface area contributed by atoms with E-state index in [9.17, 15) is 18.8 Å². The van der Waals surface area contributed by atoms with E-state index in [2.05, 4.69) is 0 Å². The molecule has 7 heteroatoms. The number of pyridine rings is 1. The van der Waals surface area contributed by atoms with Crippen molar-refractivity contribution in [3.8, 4) is 0 Å². The maximum absolute atomic E-state index is 14.8. The van der Waals surface area contributed by atoms with Gasteiger partial charge in [0.2, 0.25) is 5.56 Å². The van der Waals surface area contributed by atoms with Crippen LogP contribution >= 0.6 is 11.6 Å². The topological polar surface area (TPSA) is 65.4 Å². The molecule has 3 aromatic rings. The minimum absolute atomic E-state index is 0.0664. The number of aromatic nitrogens is 1. The molecule has 0 N–H and O–H groups in total. The number of carbonyl (C=O) groups excluding carboxylic acids is 2. The van der Waals surface area contributed by atoms with Crippen LogP contribution < -0.4 is 5.56 Å². The molecule has 0 aliphatic heterocycles. The summed E-state index contributed by atoms with van der Waals surface area (Å²) in [7, 11) is 1.55. The van der Waals surface area contributed by atoms with Crippen molar-refractivity contribution in [3.05, 3.63) is 104 Å². The van der Waals surface area contributed by atoms with E-state index in [1.54, 1.807) is 44.3 Å². The summed E-state index contributed by atoms with van der Waals surface area (Å²) in [5.41, 5.74) is 1.28. The Labute approximate surface area is 184 Å². The Morgan fingerprint density at radius 1 is 1.10 bits per heavy atom. The van der Waals surface area contributed by atoms with Crippen LogP contribution in [0.5, 0.6) is 0 Å². The molecule has 2 aromatic carbocycles. The Hall–Kier alpha value is -3.25. The predicted molar refractivity (Wildman–Crippen MR) is 116 cm³/mol. The molecule has 31 heavy (non-hydrogen) atoms. The number of ether oxygens (including phenoxy) is 1. The Kier molecular flexibility index (Phi) is 7.02. The molecule has 160 valence electrons. The van der Waals surface area contributed by atoms with E-state index in [4.69, 9.17) is 16.3 Å². The molecule has 0 bridgehead atoms. The fourth-order valence-corrected chi connectivity index (χ4v) is 3.51. The number of hydrogen-bond donors (Lipinski definition) is 0. The monoisotopic (exact) mass is 441 g/mol. The van der Waals surface area contributed by atoms with Gasteiger partial charge in [-0.05, 0) is 48.4 Å². The summed E-state index contributed by atoms with van der Waals surface area (Å²) in [4.78, 5) is 36.8. The molecule has 0 saturated heterocycles. The summed E-state index contributed by atoms with van der Waals surface area (Å²) in [6.07, 6.45) is 1.39. The molecule has 1 heterocycles. The van der Waals surface area contributed by atoms with Crippen molar-refractivity contribution in [2.75, 3.05) is 6.61 Å². The van der Waals surface area contributed by atoms with Crippen molar-refractivity contribution in [1.82, 2.24) is 4.57 Å². The highest BCUT2D eigenvalue weighted by molar-refractivity contribution is 6.30. The van der Waals surface area contributed by atoms with E-state index in [0.717, 1.165) is 0 Å². The summed E-state index contributed by atoms with van der Waals surface area (Å²) in [5.74, 6) is -1.98. The Balaban J connectivity index is 2.04. The van der Waals surface area contributed by atoms with E-state index in [1.165, 1.54) is 35.0 Å². The zero-order chi connectivity index (χ0) is 22.5. The second-order valence-electron chi connectivity index (χ2n) is 7.06. The molecule has 3 rings (SSSR count). The van der Waals surface area contributed by atoms with Crippen molar-refractivity contribution in [2.24, 2.45) is 7.05 Å². The van der Waals surface area contributed by atoms with Crippen LogP contribution in [0.15, 0.2) is 65.6 Å². The number of hydrogen-bond acceptors (Lipinski definition) is 4. The average molecular weight is 442 g/mol. The first-order chi connectivity index (χ1) is 14.8. The third kappa shape index (κ3) is 5.27. The molecular formula is C24H21ClFNO4. The normalized spacial score (nSPS) is 11.7. The maximum atomic E-state index is 14.8. The van der Waals surface area contributed by atoms with Crippen LogP contribution in [0, 0.1) is 5.82 Å². The second kappa shape index (κ2) is 9.71. The maximum Gasteiger partial charge on any atom is 0.338 e. The molecule has 0 saturated carbocycles. The lowest BCUT2D eigenvalue weighted by atomic mass is 9.85. The highest BCUT2D eigenvalue weighted by atomic mass is 35.5. The lowest BCUT2D eigenvalue weighted by Gasteiger charge is -2.19. The smallest absolute Gasteiger partial charge is 0.338 e. The number of esters is 1. The summed E-state index contributed by atoms with van der Waals surface area (Å²) in [5, 5.41) is 0.240. The van der Waals surface area contributed by atoms with Gasteiger partial charge in [0.1, 0.15) is 5.82 Å². The van der Waals surface area contributed by atoms with Gasteiger partial charge in [0.05, 0.1) is 12.2 Å². The summed E-state index contributed by atoms with van der Waals surface area (Å²) >= 11 is 5.90. The fraction of sp³-hybridized carbons (Fsp3) is 0.208. The third-order valence-electron chi connectivity index (χ3n) is 4.94. The van der Waals surface area contributed by atoms with Crippen LogP contribution in [0.4, 0.5) is 4.39 Å². The van der Waals surface area contributed by atoms with Gasteiger partial charge in [-0.2, -0.15) is 0 Å². The molecule has 5 nitrogen and oxygen atoms in total. The quantitative estimate of drug-likeness (QED) is 0.391. The molecule has 0 radical (unpaired) electrons. The van der Waals surface area contributed by atoms with Crippen molar-refractivity contribution in [1.29, 1.82) is 0 Å². The Morgan fingerprint density at radius 2 is 1.87 bits per heavy atom. The molecule has 0 aliphatic carbocycles. The predicted octanol–water partition coefficient (Wildman–Crippen LogP) is 4.76. The van der Waals surface area contributed by atoms with Crippen LogP contribution in [0.1, 0.15) is 51.1 Å². The van der Waals surface area contributed by atoms with Gasteiger partial charge >= 0.3 is 5.97 Å². The van der Waals surface area contributed by atoms with E-state index in [-0.39, 0.29) is 35.0 Å². The highest BCUT2D eigenvalue weighted by Gasteiger charge is 2.24. The van der Waals surface area contributed by atoms with Crippen molar-refractivity contribution < 1.29 is 18.7 Å². The number of carbonyl (C=O) groups is 2. The number of nitrogens with zero attached hydrogens (tertiary/aromatic N) is 1. The zero-order valence-corrected chi connectivity index (χ0v) is 17.9. The zero-order valence-electron chi connectivity index (χ0n) is 17.1. The second-order valence-corrected chi connectivity index (χ2v) is 7.50. The van der Waals surface area contributed by atoms with E-state index >= 15 is 0 Å². The van der Waals surface area contributed by atoms with Crippen molar-refractivity contribution in [3.63, 3.8) is 0 Å². The highest BCUT2D eigenvalue weighted by Crippen LogP contribution is 2.33. The molecule has 0 fully saturated rings. The van der Waals surface area contributed by atoms with Gasteiger partial charge in [-0.1, -0.05) is 29.8 Å². The van der Waals surface area contributed by atoms with E-state index < -0.39 is 17.7 Å². The lowest BCUT2D eigenvalue weighted by Crippen LogP contribution is -2.18. The van der Waals surface area contributed by atoms with Crippen LogP contribution in [0.3, 0.4) is 0 Å². The SMILES string of the molecule is CCOC(=O)c1cccc(C(CC(=O)c2ccc(=O)n(C)c2)c2ccc(Cl)cc2F)c1. The van der Waals surface area contributed by atoms with Crippen LogP contribution in [0.2, 0.25) is 5.02 Å². The van der Waals surface area contributed by atoms with Crippen LogP contribution in [-0.4, -0.2) is 22.9 Å². The third-order valence-corrected chi connectivity index (χ3v) is 5.17. The van der Waals surface area contributed by atoms with Crippen LogP contribution in [0.25, 0.3) is 0 Å². The molecular weight excluding hydrogens is 421 g/mol. The molecule has 1 unspecified atom stereocenters. The number of aryl methyl sites for hydroxylation is 1. The average Bonchev–Trinajstić information content (AvgIpc) is 2.74. The largest absolute Gasteiger partial charge is 0.462 e. The molecule has 1 atom stereocenters. The minimum Gasteiger partial charge on any atom is -0.462 e. The number of rotatable bonds is 7. The number of halogens is 2. The van der Waals surface area contributed by atoms with Gasteiger partial charge in [-0.15, -0.1) is 0 Å². The van der Waals surface area contributed by atoms with Gasteiger partial charge in [0.25, 0.3) is 0 Å². The first-order valence-electron chi connectivity index (χ1n) is 9.72. The van der Waals surface area contributed by atoms with Gasteiger partial charge < -0.3 is 9.30 Å². The molecule has 0 amide bonds.